The SMILES string of the molecule is O=C(O)CN(CCN(CC(=O)O)CC(=O)O)CC(=O)O.[K+].[OH-]. The van der Waals surface area contributed by atoms with Gasteiger partial charge in [0.05, 0.1) is 26.2 Å². The van der Waals surface area contributed by atoms with Gasteiger partial charge in [-0.2, -0.15) is 0 Å². The average Bonchev–Trinajstić information content (AvgIpc) is 2.22. The Bertz CT molecular complexity index is 323. The van der Waals surface area contributed by atoms with Crippen LogP contribution in [-0.2, 0) is 19.2 Å². The summed E-state index contributed by atoms with van der Waals surface area (Å²) in [6.45, 7) is -2.25. The van der Waals surface area contributed by atoms with E-state index in [1.54, 1.807) is 0 Å². The Morgan fingerprint density at radius 3 is 0.909 bits per heavy atom. The van der Waals surface area contributed by atoms with Gasteiger partial charge in [0.25, 0.3) is 0 Å². The number of hydrogen-bond acceptors (Lipinski definition) is 7. The second-order valence-corrected chi connectivity index (χ2v) is 4.00. The van der Waals surface area contributed by atoms with Crippen LogP contribution < -0.4 is 51.4 Å². The standard InChI is InChI=1S/C10H16N2O8.K.H2O/c13-7(14)3-11(4-8(15)16)1-2-12(5-9(17)18)6-10(19)20;;/h1-6H2,(H,13,14)(H,15,16)(H,17,18)(H,19,20);;1H2/q;+1;/p-1. The van der Waals surface area contributed by atoms with Crippen molar-refractivity contribution in [2.75, 3.05) is 39.3 Å². The quantitative estimate of drug-likeness (QED) is 0.261. The molecule has 0 aliphatic heterocycles. The molecule has 5 N–H and O–H groups in total. The normalized spacial score (nSPS) is 9.73. The van der Waals surface area contributed by atoms with Crippen molar-refractivity contribution in [2.24, 2.45) is 0 Å². The Labute approximate surface area is 168 Å². The van der Waals surface area contributed by atoms with Crippen molar-refractivity contribution >= 4 is 23.9 Å². The summed E-state index contributed by atoms with van der Waals surface area (Å²) in [6, 6.07) is 0. The molecule has 0 spiro atoms. The molecule has 0 aromatic heterocycles. The molecule has 0 aliphatic rings. The van der Waals surface area contributed by atoms with Gasteiger partial charge < -0.3 is 25.9 Å². The largest absolute Gasteiger partial charge is 1.00 e. The molecule has 0 unspecified atom stereocenters. The van der Waals surface area contributed by atoms with Crippen LogP contribution in [-0.4, -0.2) is 98.8 Å². The molecule has 0 bridgehead atoms. The van der Waals surface area contributed by atoms with E-state index in [-0.39, 0.29) is 70.0 Å². The van der Waals surface area contributed by atoms with Crippen molar-refractivity contribution in [3.05, 3.63) is 0 Å². The van der Waals surface area contributed by atoms with Crippen molar-refractivity contribution in [3.63, 3.8) is 0 Å². The van der Waals surface area contributed by atoms with Crippen LogP contribution in [0.25, 0.3) is 0 Å². The van der Waals surface area contributed by atoms with Crippen LogP contribution in [0.2, 0.25) is 0 Å². The van der Waals surface area contributed by atoms with Crippen LogP contribution in [0, 0.1) is 0 Å². The number of carbonyl (C=O) groups is 4. The predicted octanol–water partition coefficient (Wildman–Crippen LogP) is -5.24. The van der Waals surface area contributed by atoms with Gasteiger partial charge in [0, 0.05) is 13.1 Å². The molecule has 0 aromatic carbocycles. The van der Waals surface area contributed by atoms with E-state index in [4.69, 9.17) is 20.4 Å². The zero-order valence-electron chi connectivity index (χ0n) is 12.0. The molecule has 0 aliphatic carbocycles. The van der Waals surface area contributed by atoms with Crippen molar-refractivity contribution < 1.29 is 96.5 Å². The Hall–Kier alpha value is -0.604. The Balaban J connectivity index is -0.00000180. The number of rotatable bonds is 11. The number of hydrogen-bond donors (Lipinski definition) is 4. The molecule has 122 valence electrons. The molecule has 0 rings (SSSR count). The number of nitrogens with zero attached hydrogens (tertiary/aromatic N) is 2. The number of carboxylic acids is 4. The van der Waals surface area contributed by atoms with E-state index in [1.807, 2.05) is 0 Å². The van der Waals surface area contributed by atoms with Crippen molar-refractivity contribution in [1.82, 2.24) is 9.80 Å². The van der Waals surface area contributed by atoms with Gasteiger partial charge in [-0.15, -0.1) is 0 Å². The Morgan fingerprint density at radius 1 is 0.591 bits per heavy atom. The smallest absolute Gasteiger partial charge is 0.870 e. The van der Waals surface area contributed by atoms with Crippen molar-refractivity contribution in [3.8, 4) is 0 Å². The van der Waals surface area contributed by atoms with E-state index < -0.39 is 50.1 Å². The van der Waals surface area contributed by atoms with Gasteiger partial charge in [0.1, 0.15) is 0 Å². The van der Waals surface area contributed by atoms with E-state index in [9.17, 15) is 19.2 Å². The van der Waals surface area contributed by atoms with Crippen LogP contribution in [0.5, 0.6) is 0 Å². The van der Waals surface area contributed by atoms with Crippen LogP contribution >= 0.6 is 0 Å². The maximum absolute atomic E-state index is 10.6. The maximum atomic E-state index is 10.6. The topological polar surface area (TPSA) is 186 Å². The molecular weight excluding hydrogens is 331 g/mol. The Kier molecular flexibility index (Phi) is 16.8. The summed E-state index contributed by atoms with van der Waals surface area (Å²) in [5.41, 5.74) is 0. The van der Waals surface area contributed by atoms with E-state index in [0.29, 0.717) is 0 Å². The number of aliphatic carboxylic acids is 4. The van der Waals surface area contributed by atoms with Gasteiger partial charge in [0.15, 0.2) is 0 Å². The maximum Gasteiger partial charge on any atom is 1.00 e. The summed E-state index contributed by atoms with van der Waals surface area (Å²) in [5.74, 6) is -4.91. The van der Waals surface area contributed by atoms with Gasteiger partial charge >= 0.3 is 75.3 Å². The molecule has 0 aromatic rings. The van der Waals surface area contributed by atoms with E-state index in [0.717, 1.165) is 9.80 Å². The van der Waals surface area contributed by atoms with E-state index in [1.165, 1.54) is 0 Å². The first kappa shape index (κ1) is 26.3. The monoisotopic (exact) mass is 348 g/mol. The van der Waals surface area contributed by atoms with Crippen LogP contribution in [0.1, 0.15) is 0 Å². The van der Waals surface area contributed by atoms with Crippen molar-refractivity contribution in [1.29, 1.82) is 0 Å². The molecule has 0 atom stereocenters. The van der Waals surface area contributed by atoms with Gasteiger partial charge in [-0.3, -0.25) is 29.0 Å². The van der Waals surface area contributed by atoms with Gasteiger partial charge in [-0.1, -0.05) is 0 Å². The summed E-state index contributed by atoms with van der Waals surface area (Å²) < 4.78 is 0. The van der Waals surface area contributed by atoms with Gasteiger partial charge in [0.2, 0.25) is 0 Å². The summed E-state index contributed by atoms with van der Waals surface area (Å²) in [4.78, 5) is 44.4. The molecule has 0 fully saturated rings. The molecule has 11 nitrogen and oxygen atoms in total. The minimum absolute atomic E-state index is 0. The number of carboxylic acid groups (broad SMARTS) is 4. The van der Waals surface area contributed by atoms with Crippen LogP contribution in [0.4, 0.5) is 0 Å². The van der Waals surface area contributed by atoms with Crippen LogP contribution in [0.3, 0.4) is 0 Å². The first-order valence-electron chi connectivity index (χ1n) is 5.52. The van der Waals surface area contributed by atoms with Crippen molar-refractivity contribution in [2.45, 2.75) is 0 Å². The molecule has 0 radical (unpaired) electrons. The molecule has 0 saturated heterocycles. The summed E-state index contributed by atoms with van der Waals surface area (Å²) >= 11 is 0. The van der Waals surface area contributed by atoms with E-state index >= 15 is 0 Å². The average molecular weight is 348 g/mol. The second kappa shape index (κ2) is 14.0. The zero-order valence-corrected chi connectivity index (χ0v) is 15.1. The molecule has 12 heteroatoms. The third kappa shape index (κ3) is 15.8. The molecule has 22 heavy (non-hydrogen) atoms. The second-order valence-electron chi connectivity index (χ2n) is 4.00. The fraction of sp³-hybridized carbons (Fsp3) is 0.600. The first-order chi connectivity index (χ1) is 9.20. The summed E-state index contributed by atoms with van der Waals surface area (Å²) in [7, 11) is 0. The van der Waals surface area contributed by atoms with E-state index in [2.05, 4.69) is 0 Å². The summed E-state index contributed by atoms with van der Waals surface area (Å²) in [5, 5.41) is 34.5. The fourth-order valence-electron chi connectivity index (χ4n) is 1.48. The molecule has 0 amide bonds. The Morgan fingerprint density at radius 2 is 0.773 bits per heavy atom. The molecule has 0 heterocycles. The third-order valence-electron chi connectivity index (χ3n) is 2.17. The third-order valence-corrected chi connectivity index (χ3v) is 2.17. The molecular formula is C10H17KN2O9. The predicted molar refractivity (Wildman–Crippen MR) is 65.4 cm³/mol. The van der Waals surface area contributed by atoms with Crippen LogP contribution in [0.15, 0.2) is 0 Å². The van der Waals surface area contributed by atoms with Gasteiger partial charge in [-0.25, -0.2) is 0 Å². The zero-order chi connectivity index (χ0) is 15.7. The minimum Gasteiger partial charge on any atom is -0.870 e. The summed E-state index contributed by atoms with van der Waals surface area (Å²) in [6.07, 6.45) is 0. The van der Waals surface area contributed by atoms with Gasteiger partial charge in [-0.05, 0) is 0 Å². The first-order valence-corrected chi connectivity index (χ1v) is 5.52. The minimum atomic E-state index is -1.23. The molecule has 0 saturated carbocycles. The fourth-order valence-corrected chi connectivity index (χ4v) is 1.48.